The zero-order chi connectivity index (χ0) is 12.8. The van der Waals surface area contributed by atoms with Crippen LogP contribution in [0.1, 0.15) is 32.6 Å². The van der Waals surface area contributed by atoms with Gasteiger partial charge in [0, 0.05) is 25.6 Å². The quantitative estimate of drug-likeness (QED) is 0.668. The van der Waals surface area contributed by atoms with Crippen LogP contribution in [0.5, 0.6) is 0 Å². The van der Waals surface area contributed by atoms with Gasteiger partial charge in [-0.2, -0.15) is 0 Å². The molecule has 6 heteroatoms. The molecule has 0 radical (unpaired) electrons. The van der Waals surface area contributed by atoms with E-state index in [0.717, 1.165) is 12.8 Å². The molecule has 2 atom stereocenters. The minimum Gasteiger partial charge on any atom is -0.481 e. The van der Waals surface area contributed by atoms with Gasteiger partial charge in [-0.05, 0) is 26.2 Å². The van der Waals surface area contributed by atoms with Crippen molar-refractivity contribution in [3.8, 4) is 0 Å². The fourth-order valence-corrected chi connectivity index (χ4v) is 1.85. The second-order valence-corrected chi connectivity index (χ2v) is 4.53. The van der Waals surface area contributed by atoms with Crippen molar-refractivity contribution in [2.24, 2.45) is 0 Å². The molecule has 1 rings (SSSR count). The van der Waals surface area contributed by atoms with E-state index in [9.17, 15) is 14.7 Å². The first kappa shape index (κ1) is 13.8. The van der Waals surface area contributed by atoms with Crippen molar-refractivity contribution >= 4 is 12.0 Å². The number of carboxylic acid groups (broad SMARTS) is 1. The number of piperidine rings is 1. The number of aliphatic hydroxyl groups is 1. The number of likely N-dealkylation sites (tertiary alicyclic amines) is 1. The number of carboxylic acids is 1. The van der Waals surface area contributed by atoms with Gasteiger partial charge in [0.1, 0.15) is 0 Å². The van der Waals surface area contributed by atoms with Gasteiger partial charge >= 0.3 is 12.0 Å². The molecule has 0 bridgehead atoms. The van der Waals surface area contributed by atoms with Crippen LogP contribution < -0.4 is 5.32 Å². The van der Waals surface area contributed by atoms with Gasteiger partial charge in [0.15, 0.2) is 0 Å². The maximum atomic E-state index is 11.8. The number of urea groups is 1. The molecule has 1 saturated heterocycles. The molecule has 0 saturated carbocycles. The van der Waals surface area contributed by atoms with E-state index >= 15 is 0 Å². The third kappa shape index (κ3) is 5.04. The third-order valence-corrected chi connectivity index (χ3v) is 2.84. The van der Waals surface area contributed by atoms with Gasteiger partial charge in [0.25, 0.3) is 0 Å². The lowest BCUT2D eigenvalue weighted by atomic mass is 10.1. The Bertz CT molecular complexity index is 283. The van der Waals surface area contributed by atoms with Gasteiger partial charge < -0.3 is 20.4 Å². The molecule has 6 nitrogen and oxygen atoms in total. The number of aliphatic carboxylic acids is 1. The molecule has 1 aliphatic heterocycles. The highest BCUT2D eigenvalue weighted by atomic mass is 16.4. The number of hydrogen-bond donors (Lipinski definition) is 3. The van der Waals surface area contributed by atoms with E-state index in [4.69, 9.17) is 5.11 Å². The number of carbonyl (C=O) groups excluding carboxylic acids is 1. The standard InChI is InChI=1S/C11H20N2O4/c1-8(4-5-10(15)16)12-11(17)13-6-2-3-9(14)7-13/h8-9,14H,2-7H2,1H3,(H,12,17)(H,15,16). The van der Waals surface area contributed by atoms with E-state index in [1.54, 1.807) is 11.8 Å². The highest BCUT2D eigenvalue weighted by Crippen LogP contribution is 2.10. The summed E-state index contributed by atoms with van der Waals surface area (Å²) in [6.45, 7) is 2.78. The summed E-state index contributed by atoms with van der Waals surface area (Å²) < 4.78 is 0. The van der Waals surface area contributed by atoms with E-state index in [2.05, 4.69) is 5.32 Å². The van der Waals surface area contributed by atoms with Crippen LogP contribution in [-0.4, -0.2) is 52.3 Å². The van der Waals surface area contributed by atoms with E-state index in [1.165, 1.54) is 0 Å². The van der Waals surface area contributed by atoms with Crippen molar-refractivity contribution < 1.29 is 19.8 Å². The maximum Gasteiger partial charge on any atom is 0.317 e. The second kappa shape index (κ2) is 6.44. The lowest BCUT2D eigenvalue weighted by Crippen LogP contribution is -2.49. The zero-order valence-electron chi connectivity index (χ0n) is 10.1. The summed E-state index contributed by atoms with van der Waals surface area (Å²) in [4.78, 5) is 23.7. The molecule has 2 amide bonds. The first-order valence-corrected chi connectivity index (χ1v) is 5.94. The molecule has 0 aliphatic carbocycles. The third-order valence-electron chi connectivity index (χ3n) is 2.84. The topological polar surface area (TPSA) is 89.9 Å². The Kier molecular flexibility index (Phi) is 5.21. The number of aliphatic hydroxyl groups excluding tert-OH is 1. The van der Waals surface area contributed by atoms with Gasteiger partial charge in [-0.15, -0.1) is 0 Å². The Morgan fingerprint density at radius 2 is 2.24 bits per heavy atom. The summed E-state index contributed by atoms with van der Waals surface area (Å²) in [5, 5.41) is 20.7. The summed E-state index contributed by atoms with van der Waals surface area (Å²) >= 11 is 0. The van der Waals surface area contributed by atoms with Crippen LogP contribution >= 0.6 is 0 Å². The smallest absolute Gasteiger partial charge is 0.317 e. The largest absolute Gasteiger partial charge is 0.481 e. The number of amides is 2. The Morgan fingerprint density at radius 1 is 1.53 bits per heavy atom. The van der Waals surface area contributed by atoms with Gasteiger partial charge in [0.05, 0.1) is 6.10 Å². The lowest BCUT2D eigenvalue weighted by Gasteiger charge is -2.31. The predicted octanol–water partition coefficient (Wildman–Crippen LogP) is 0.406. The minimum absolute atomic E-state index is 0.0457. The molecule has 1 fully saturated rings. The van der Waals surface area contributed by atoms with Crippen molar-refractivity contribution in [3.63, 3.8) is 0 Å². The number of carbonyl (C=O) groups is 2. The molecular formula is C11H20N2O4. The van der Waals surface area contributed by atoms with Gasteiger partial charge in [0.2, 0.25) is 0 Å². The maximum absolute atomic E-state index is 11.8. The molecule has 0 aromatic rings. The minimum atomic E-state index is -0.862. The SMILES string of the molecule is CC(CCC(=O)O)NC(=O)N1CCCC(O)C1. The van der Waals surface area contributed by atoms with E-state index in [0.29, 0.717) is 19.5 Å². The van der Waals surface area contributed by atoms with Crippen molar-refractivity contribution in [2.75, 3.05) is 13.1 Å². The Hall–Kier alpha value is -1.30. The van der Waals surface area contributed by atoms with Gasteiger partial charge in [-0.25, -0.2) is 4.79 Å². The molecule has 98 valence electrons. The zero-order valence-corrected chi connectivity index (χ0v) is 10.1. The Balaban J connectivity index is 2.29. The van der Waals surface area contributed by atoms with E-state index in [1.807, 2.05) is 0 Å². The fraction of sp³-hybridized carbons (Fsp3) is 0.818. The summed E-state index contributed by atoms with van der Waals surface area (Å²) in [5.41, 5.74) is 0. The van der Waals surface area contributed by atoms with Crippen LogP contribution in [0.25, 0.3) is 0 Å². The van der Waals surface area contributed by atoms with Crippen LogP contribution in [0.2, 0.25) is 0 Å². The second-order valence-electron chi connectivity index (χ2n) is 4.53. The van der Waals surface area contributed by atoms with Crippen LogP contribution in [0.15, 0.2) is 0 Å². The van der Waals surface area contributed by atoms with Crippen LogP contribution in [0, 0.1) is 0 Å². The average molecular weight is 244 g/mol. The van der Waals surface area contributed by atoms with Crippen molar-refractivity contribution in [3.05, 3.63) is 0 Å². The molecule has 0 aromatic heterocycles. The van der Waals surface area contributed by atoms with E-state index in [-0.39, 0.29) is 18.5 Å². The number of β-amino-alcohol motifs (C(OH)–C–C–N with tert-alkyl or cyclic N) is 1. The van der Waals surface area contributed by atoms with Gasteiger partial charge in [-0.3, -0.25) is 4.79 Å². The number of nitrogens with zero attached hydrogens (tertiary/aromatic N) is 1. The molecular weight excluding hydrogens is 224 g/mol. The van der Waals surface area contributed by atoms with E-state index < -0.39 is 12.1 Å². The average Bonchev–Trinajstić information content (AvgIpc) is 2.26. The Labute approximate surface area is 101 Å². The lowest BCUT2D eigenvalue weighted by molar-refractivity contribution is -0.137. The first-order chi connectivity index (χ1) is 7.99. The van der Waals surface area contributed by atoms with Crippen LogP contribution in [0.4, 0.5) is 4.79 Å². The van der Waals surface area contributed by atoms with Gasteiger partial charge in [-0.1, -0.05) is 0 Å². The molecule has 2 unspecified atom stereocenters. The highest BCUT2D eigenvalue weighted by molar-refractivity contribution is 5.74. The first-order valence-electron chi connectivity index (χ1n) is 5.94. The fourth-order valence-electron chi connectivity index (χ4n) is 1.85. The molecule has 1 aliphatic rings. The summed E-state index contributed by atoms with van der Waals surface area (Å²) in [6, 6.07) is -0.390. The van der Waals surface area contributed by atoms with Crippen LogP contribution in [-0.2, 0) is 4.79 Å². The molecule has 1 heterocycles. The molecule has 17 heavy (non-hydrogen) atoms. The highest BCUT2D eigenvalue weighted by Gasteiger charge is 2.22. The number of hydrogen-bond acceptors (Lipinski definition) is 3. The van der Waals surface area contributed by atoms with Crippen molar-refractivity contribution in [2.45, 2.75) is 44.8 Å². The van der Waals surface area contributed by atoms with Crippen molar-refractivity contribution in [1.82, 2.24) is 10.2 Å². The number of rotatable bonds is 4. The summed E-state index contributed by atoms with van der Waals surface area (Å²) in [5.74, 6) is -0.862. The molecule has 3 N–H and O–H groups in total. The molecule has 0 aromatic carbocycles. The predicted molar refractivity (Wildman–Crippen MR) is 61.7 cm³/mol. The number of nitrogens with one attached hydrogen (secondary N) is 1. The summed E-state index contributed by atoms with van der Waals surface area (Å²) in [6.07, 6.45) is 1.56. The normalized spacial score (nSPS) is 22.0. The summed E-state index contributed by atoms with van der Waals surface area (Å²) in [7, 11) is 0. The monoisotopic (exact) mass is 244 g/mol. The Morgan fingerprint density at radius 3 is 2.82 bits per heavy atom. The van der Waals surface area contributed by atoms with Crippen LogP contribution in [0.3, 0.4) is 0 Å². The van der Waals surface area contributed by atoms with Crippen molar-refractivity contribution in [1.29, 1.82) is 0 Å². The molecule has 0 spiro atoms.